The molecule has 0 radical (unpaired) electrons. The van der Waals surface area contributed by atoms with E-state index >= 15 is 0 Å². The van der Waals surface area contributed by atoms with Crippen LogP contribution in [0.3, 0.4) is 0 Å². The van der Waals surface area contributed by atoms with Crippen LogP contribution < -0.4 is 4.90 Å². The number of piperazine rings is 1. The van der Waals surface area contributed by atoms with Crippen LogP contribution in [0.2, 0.25) is 0 Å². The fraction of sp³-hybridized carbons (Fsp3) is 0.615. The Labute approximate surface area is 128 Å². The Bertz CT molecular complexity index is 805. The zero-order valence-electron chi connectivity index (χ0n) is 12.4. The summed E-state index contributed by atoms with van der Waals surface area (Å²) >= 11 is 0. The van der Waals surface area contributed by atoms with Gasteiger partial charge >= 0.3 is 0 Å². The number of hydrogen-bond donors (Lipinski definition) is 0. The molecule has 22 heavy (non-hydrogen) atoms. The minimum absolute atomic E-state index is 0.477. The number of nitrogens with zero attached hydrogens (tertiary/aromatic N) is 6. The maximum atomic E-state index is 11.6. The zero-order valence-corrected chi connectivity index (χ0v) is 13.2. The van der Waals surface area contributed by atoms with E-state index in [0.717, 1.165) is 17.3 Å². The van der Waals surface area contributed by atoms with Gasteiger partial charge in [0.15, 0.2) is 5.82 Å². The highest BCUT2D eigenvalue weighted by Crippen LogP contribution is 2.39. The SMILES string of the molecule is CS(=O)(=O)N1CCN(c2nccn3c(C4CC4)nnc23)CC1. The van der Waals surface area contributed by atoms with Crippen molar-refractivity contribution in [2.45, 2.75) is 18.8 Å². The Balaban J connectivity index is 1.62. The van der Waals surface area contributed by atoms with Crippen molar-refractivity contribution >= 4 is 21.5 Å². The topological polar surface area (TPSA) is 83.7 Å². The van der Waals surface area contributed by atoms with Crippen molar-refractivity contribution < 1.29 is 8.42 Å². The number of rotatable bonds is 3. The quantitative estimate of drug-likeness (QED) is 0.796. The summed E-state index contributed by atoms with van der Waals surface area (Å²) in [5.41, 5.74) is 0.761. The summed E-state index contributed by atoms with van der Waals surface area (Å²) in [6, 6.07) is 0. The van der Waals surface area contributed by atoms with Gasteiger partial charge in [-0.1, -0.05) is 0 Å². The van der Waals surface area contributed by atoms with Crippen LogP contribution in [0.5, 0.6) is 0 Å². The number of sulfonamides is 1. The van der Waals surface area contributed by atoms with Gasteiger partial charge in [-0.05, 0) is 12.8 Å². The van der Waals surface area contributed by atoms with E-state index in [9.17, 15) is 8.42 Å². The highest BCUT2D eigenvalue weighted by molar-refractivity contribution is 7.88. The van der Waals surface area contributed by atoms with Crippen LogP contribution in [-0.2, 0) is 10.0 Å². The number of fused-ring (bicyclic) bond motifs is 1. The summed E-state index contributed by atoms with van der Waals surface area (Å²) in [6.45, 7) is 2.19. The van der Waals surface area contributed by atoms with Crippen LogP contribution in [0.1, 0.15) is 24.6 Å². The van der Waals surface area contributed by atoms with Crippen molar-refractivity contribution in [1.82, 2.24) is 23.9 Å². The number of anilines is 1. The minimum Gasteiger partial charge on any atom is -0.351 e. The van der Waals surface area contributed by atoms with Crippen LogP contribution >= 0.6 is 0 Å². The van der Waals surface area contributed by atoms with E-state index < -0.39 is 10.0 Å². The first-order chi connectivity index (χ1) is 10.5. The lowest BCUT2D eigenvalue weighted by Gasteiger charge is -2.33. The van der Waals surface area contributed by atoms with Gasteiger partial charge in [-0.2, -0.15) is 4.31 Å². The molecule has 1 aliphatic carbocycles. The molecule has 9 heteroatoms. The van der Waals surface area contributed by atoms with Crippen molar-refractivity contribution in [1.29, 1.82) is 0 Å². The minimum atomic E-state index is -3.12. The predicted molar refractivity (Wildman–Crippen MR) is 81.4 cm³/mol. The lowest BCUT2D eigenvalue weighted by molar-refractivity contribution is 0.387. The normalized spacial score (nSPS) is 20.7. The summed E-state index contributed by atoms with van der Waals surface area (Å²) < 4.78 is 26.7. The maximum absolute atomic E-state index is 11.6. The molecule has 0 atom stereocenters. The van der Waals surface area contributed by atoms with Crippen LogP contribution in [-0.4, -0.2) is 64.7 Å². The Morgan fingerprint density at radius 3 is 2.50 bits per heavy atom. The van der Waals surface area contributed by atoms with Gasteiger partial charge in [-0.15, -0.1) is 10.2 Å². The van der Waals surface area contributed by atoms with E-state index in [2.05, 4.69) is 20.1 Å². The van der Waals surface area contributed by atoms with Crippen molar-refractivity contribution in [2.75, 3.05) is 37.3 Å². The van der Waals surface area contributed by atoms with Gasteiger partial charge in [-0.3, -0.25) is 4.40 Å². The molecule has 1 saturated heterocycles. The van der Waals surface area contributed by atoms with Crippen LogP contribution in [0.4, 0.5) is 5.82 Å². The molecule has 4 rings (SSSR count). The summed E-state index contributed by atoms with van der Waals surface area (Å²) in [4.78, 5) is 6.53. The lowest BCUT2D eigenvalue weighted by atomic mass is 10.3. The number of aromatic nitrogens is 4. The molecule has 0 unspecified atom stereocenters. The Morgan fingerprint density at radius 1 is 1.14 bits per heavy atom. The third-order valence-corrected chi connectivity index (χ3v) is 5.59. The summed E-state index contributed by atoms with van der Waals surface area (Å²) in [5.74, 6) is 2.32. The van der Waals surface area contributed by atoms with Crippen molar-refractivity contribution in [3.05, 3.63) is 18.2 Å². The first-order valence-electron chi connectivity index (χ1n) is 7.44. The molecule has 118 valence electrons. The van der Waals surface area contributed by atoms with Gasteiger partial charge < -0.3 is 4.90 Å². The van der Waals surface area contributed by atoms with Crippen molar-refractivity contribution in [3.63, 3.8) is 0 Å². The second-order valence-corrected chi connectivity index (χ2v) is 7.91. The third kappa shape index (κ3) is 2.34. The lowest BCUT2D eigenvalue weighted by Crippen LogP contribution is -2.48. The van der Waals surface area contributed by atoms with Gasteiger partial charge in [0.05, 0.1) is 6.26 Å². The molecule has 2 aliphatic rings. The molecule has 8 nitrogen and oxygen atoms in total. The van der Waals surface area contributed by atoms with E-state index in [-0.39, 0.29) is 0 Å². The van der Waals surface area contributed by atoms with Gasteiger partial charge in [-0.25, -0.2) is 13.4 Å². The van der Waals surface area contributed by atoms with E-state index in [1.165, 1.54) is 23.4 Å². The molecule has 0 spiro atoms. The molecule has 0 aromatic carbocycles. The smallest absolute Gasteiger partial charge is 0.211 e. The molecule has 0 bridgehead atoms. The molecule has 2 aromatic heterocycles. The second-order valence-electron chi connectivity index (χ2n) is 5.93. The van der Waals surface area contributed by atoms with E-state index in [4.69, 9.17) is 0 Å². The van der Waals surface area contributed by atoms with E-state index in [1.807, 2.05) is 10.6 Å². The monoisotopic (exact) mass is 322 g/mol. The fourth-order valence-electron chi connectivity index (χ4n) is 2.91. The van der Waals surface area contributed by atoms with Gasteiger partial charge in [0.2, 0.25) is 15.7 Å². The summed E-state index contributed by atoms with van der Waals surface area (Å²) in [7, 11) is -3.12. The van der Waals surface area contributed by atoms with Crippen molar-refractivity contribution in [2.24, 2.45) is 0 Å². The molecule has 0 amide bonds. The van der Waals surface area contributed by atoms with Gasteiger partial charge in [0.1, 0.15) is 5.82 Å². The van der Waals surface area contributed by atoms with Gasteiger partial charge in [0, 0.05) is 44.5 Å². The van der Waals surface area contributed by atoms with Crippen molar-refractivity contribution in [3.8, 4) is 0 Å². The molecule has 2 aromatic rings. The Kier molecular flexibility index (Phi) is 3.08. The fourth-order valence-corrected chi connectivity index (χ4v) is 3.73. The molecular weight excluding hydrogens is 304 g/mol. The first kappa shape index (κ1) is 13.9. The van der Waals surface area contributed by atoms with Crippen LogP contribution in [0.15, 0.2) is 12.4 Å². The molecule has 1 saturated carbocycles. The first-order valence-corrected chi connectivity index (χ1v) is 9.28. The molecule has 1 aliphatic heterocycles. The Hall–Kier alpha value is -1.74. The highest BCUT2D eigenvalue weighted by Gasteiger charge is 2.30. The Morgan fingerprint density at radius 2 is 1.86 bits per heavy atom. The molecule has 0 N–H and O–H groups in total. The molecular formula is C13H18N6O2S. The summed E-state index contributed by atoms with van der Waals surface area (Å²) in [6.07, 6.45) is 7.26. The maximum Gasteiger partial charge on any atom is 0.211 e. The largest absolute Gasteiger partial charge is 0.351 e. The summed E-state index contributed by atoms with van der Waals surface area (Å²) in [5, 5.41) is 8.61. The highest BCUT2D eigenvalue weighted by atomic mass is 32.2. The van der Waals surface area contributed by atoms with Crippen LogP contribution in [0, 0.1) is 0 Å². The number of hydrogen-bond acceptors (Lipinski definition) is 6. The van der Waals surface area contributed by atoms with E-state index in [1.54, 1.807) is 6.20 Å². The zero-order chi connectivity index (χ0) is 15.3. The average molecular weight is 322 g/mol. The predicted octanol–water partition coefficient (Wildman–Crippen LogP) is 0.0833. The molecule has 2 fully saturated rings. The van der Waals surface area contributed by atoms with Gasteiger partial charge in [0.25, 0.3) is 0 Å². The second kappa shape index (κ2) is 4.88. The average Bonchev–Trinajstić information content (AvgIpc) is 3.25. The third-order valence-electron chi connectivity index (χ3n) is 4.28. The molecule has 3 heterocycles. The van der Waals surface area contributed by atoms with Crippen LogP contribution in [0.25, 0.3) is 5.65 Å². The van der Waals surface area contributed by atoms with E-state index in [0.29, 0.717) is 32.1 Å². The standard InChI is InChI=1S/C13H18N6O2S/c1-22(20,21)18-8-6-17(7-9-18)12-13-16-15-11(10-2-3-10)19(13)5-4-14-12/h4-5,10H,2-3,6-9H2,1H3.